The third kappa shape index (κ3) is 4.70. The number of nitro groups is 1. The lowest BCUT2D eigenvalue weighted by Gasteiger charge is -2.11. The van der Waals surface area contributed by atoms with Crippen LogP contribution in [0.15, 0.2) is 79.3 Å². The zero-order valence-corrected chi connectivity index (χ0v) is 17.2. The average Bonchev–Trinajstić information content (AvgIpc) is 3.28. The van der Waals surface area contributed by atoms with Crippen molar-refractivity contribution in [2.24, 2.45) is 0 Å². The number of halogens is 3. The van der Waals surface area contributed by atoms with Crippen LogP contribution in [0.1, 0.15) is 15.9 Å². The van der Waals surface area contributed by atoms with Gasteiger partial charge in [-0.25, -0.2) is 4.68 Å². The first-order valence-electron chi connectivity index (χ1n) is 9.71. The molecule has 0 fully saturated rings. The predicted octanol–water partition coefficient (Wildman–Crippen LogP) is 4.62. The molecule has 0 bridgehead atoms. The average molecular weight is 468 g/mol. The van der Waals surface area contributed by atoms with Crippen LogP contribution in [0.2, 0.25) is 0 Å². The summed E-state index contributed by atoms with van der Waals surface area (Å²) < 4.78 is 40.2. The number of pyridine rings is 1. The Kier molecular flexibility index (Phi) is 5.95. The topological polar surface area (TPSA) is 115 Å². The Labute approximate surface area is 190 Å². The summed E-state index contributed by atoms with van der Waals surface area (Å²) >= 11 is 0. The Morgan fingerprint density at radius 3 is 2.47 bits per heavy atom. The molecular formula is C22H15F3N6O3. The van der Waals surface area contributed by atoms with Crippen LogP contribution in [0.25, 0.3) is 16.9 Å². The molecule has 4 aromatic rings. The van der Waals surface area contributed by atoms with Gasteiger partial charge in [-0.2, -0.15) is 18.3 Å². The molecule has 4 rings (SSSR count). The number of nitro benzene ring substituents is 1. The van der Waals surface area contributed by atoms with Gasteiger partial charge in [0.05, 0.1) is 21.7 Å². The summed E-state index contributed by atoms with van der Waals surface area (Å²) in [5.74, 6) is -0.713. The highest BCUT2D eigenvalue weighted by Gasteiger charge is 2.33. The lowest BCUT2D eigenvalue weighted by atomic mass is 10.1. The monoisotopic (exact) mass is 468 g/mol. The van der Waals surface area contributed by atoms with E-state index in [0.717, 1.165) is 6.07 Å². The molecular weight excluding hydrogens is 453 g/mol. The summed E-state index contributed by atoms with van der Waals surface area (Å²) in [4.78, 5) is 27.3. The maximum atomic E-state index is 13.0. The molecule has 0 radical (unpaired) electrons. The van der Waals surface area contributed by atoms with E-state index in [-0.39, 0.29) is 16.9 Å². The number of carbonyl (C=O) groups excluding carboxylic acids is 1. The molecule has 9 nitrogen and oxygen atoms in total. The second-order valence-corrected chi connectivity index (χ2v) is 6.98. The molecule has 0 aliphatic rings. The summed E-state index contributed by atoms with van der Waals surface area (Å²) in [5, 5.41) is 15.7. The van der Waals surface area contributed by atoms with E-state index in [9.17, 15) is 28.1 Å². The van der Waals surface area contributed by atoms with Crippen molar-refractivity contribution in [1.82, 2.24) is 20.2 Å². The quantitative estimate of drug-likeness (QED) is 0.315. The Hall–Kier alpha value is -4.74. The first kappa shape index (κ1) is 22.5. The van der Waals surface area contributed by atoms with E-state index in [0.29, 0.717) is 23.4 Å². The van der Waals surface area contributed by atoms with Crippen LogP contribution in [0.5, 0.6) is 0 Å². The van der Waals surface area contributed by atoms with Gasteiger partial charge in [0.15, 0.2) is 0 Å². The van der Waals surface area contributed by atoms with Crippen molar-refractivity contribution in [3.8, 4) is 16.9 Å². The predicted molar refractivity (Wildman–Crippen MR) is 116 cm³/mol. The van der Waals surface area contributed by atoms with E-state index in [1.807, 2.05) is 6.07 Å². The third-order valence-corrected chi connectivity index (χ3v) is 4.75. The van der Waals surface area contributed by atoms with Gasteiger partial charge in [-0.3, -0.25) is 30.7 Å². The number of nitrogens with zero attached hydrogens (tertiary/aromatic N) is 4. The lowest BCUT2D eigenvalue weighted by molar-refractivity contribution is -0.384. The molecule has 2 heterocycles. The maximum Gasteiger partial charge on any atom is 0.416 e. The molecule has 2 aromatic heterocycles. The molecule has 0 aliphatic carbocycles. The number of carbonyl (C=O) groups is 1. The van der Waals surface area contributed by atoms with E-state index in [1.165, 1.54) is 17.1 Å². The van der Waals surface area contributed by atoms with Gasteiger partial charge in [-0.1, -0.05) is 18.2 Å². The van der Waals surface area contributed by atoms with Crippen LogP contribution in [0.4, 0.5) is 24.5 Å². The van der Waals surface area contributed by atoms with Crippen molar-refractivity contribution in [2.75, 3.05) is 5.43 Å². The number of hydrogen-bond donors (Lipinski definition) is 2. The Bertz CT molecular complexity index is 1340. The summed E-state index contributed by atoms with van der Waals surface area (Å²) in [6.07, 6.45) is -0.210. The minimum atomic E-state index is -4.75. The Morgan fingerprint density at radius 2 is 1.82 bits per heavy atom. The van der Waals surface area contributed by atoms with Gasteiger partial charge in [-0.15, -0.1) is 0 Å². The van der Waals surface area contributed by atoms with E-state index in [2.05, 4.69) is 20.9 Å². The van der Waals surface area contributed by atoms with E-state index in [1.54, 1.807) is 42.6 Å². The number of rotatable bonds is 6. The van der Waals surface area contributed by atoms with Gasteiger partial charge in [0.2, 0.25) is 0 Å². The Balaban J connectivity index is 1.65. The number of alkyl halides is 3. The van der Waals surface area contributed by atoms with E-state index in [4.69, 9.17) is 0 Å². The highest BCUT2D eigenvalue weighted by molar-refractivity contribution is 6.00. The number of benzene rings is 2. The highest BCUT2D eigenvalue weighted by Crippen LogP contribution is 2.34. The van der Waals surface area contributed by atoms with Gasteiger partial charge in [0.25, 0.3) is 11.6 Å². The second-order valence-electron chi connectivity index (χ2n) is 6.98. The van der Waals surface area contributed by atoms with Crippen LogP contribution in [0, 0.1) is 10.1 Å². The summed E-state index contributed by atoms with van der Waals surface area (Å²) in [6, 6.07) is 14.3. The molecule has 172 valence electrons. The smallest absolute Gasteiger partial charge is 0.292 e. The van der Waals surface area contributed by atoms with Crippen LogP contribution in [0.3, 0.4) is 0 Å². The first-order chi connectivity index (χ1) is 16.2. The zero-order chi connectivity index (χ0) is 24.3. The van der Waals surface area contributed by atoms with Crippen molar-refractivity contribution in [1.29, 1.82) is 0 Å². The fraction of sp³-hybridized carbons (Fsp3) is 0.0455. The molecule has 1 amide bonds. The summed E-state index contributed by atoms with van der Waals surface area (Å²) in [5.41, 5.74) is 3.92. The largest absolute Gasteiger partial charge is 0.416 e. The molecule has 2 aromatic carbocycles. The molecule has 0 atom stereocenters. The second kappa shape index (κ2) is 9.02. The number of nitrogens with one attached hydrogen (secondary N) is 2. The van der Waals surface area contributed by atoms with Gasteiger partial charge in [0.1, 0.15) is 11.4 Å². The minimum absolute atomic E-state index is 0.110. The zero-order valence-electron chi connectivity index (χ0n) is 17.2. The van der Waals surface area contributed by atoms with Crippen molar-refractivity contribution in [3.05, 3.63) is 100 Å². The molecule has 0 spiro atoms. The SMILES string of the molecule is O=C(NNc1ccc(C(F)(F)F)cc1[N+](=O)[O-])c1cn(-c2ccccc2)nc1-c1cccnc1. The van der Waals surface area contributed by atoms with Crippen molar-refractivity contribution < 1.29 is 22.9 Å². The van der Waals surface area contributed by atoms with Crippen LogP contribution >= 0.6 is 0 Å². The Morgan fingerprint density at radius 1 is 1.06 bits per heavy atom. The third-order valence-electron chi connectivity index (χ3n) is 4.75. The highest BCUT2D eigenvalue weighted by atomic mass is 19.4. The fourth-order valence-electron chi connectivity index (χ4n) is 3.13. The van der Waals surface area contributed by atoms with Crippen LogP contribution in [-0.4, -0.2) is 25.6 Å². The van der Waals surface area contributed by atoms with Crippen molar-refractivity contribution in [2.45, 2.75) is 6.18 Å². The molecule has 0 unspecified atom stereocenters. The number of hydrogen-bond acceptors (Lipinski definition) is 6. The van der Waals surface area contributed by atoms with Crippen LogP contribution < -0.4 is 10.9 Å². The molecule has 0 saturated carbocycles. The first-order valence-corrected chi connectivity index (χ1v) is 9.71. The van der Waals surface area contributed by atoms with Gasteiger partial charge in [0, 0.05) is 30.2 Å². The normalized spacial score (nSPS) is 11.1. The minimum Gasteiger partial charge on any atom is -0.292 e. The van der Waals surface area contributed by atoms with Gasteiger partial charge >= 0.3 is 6.18 Å². The van der Waals surface area contributed by atoms with Crippen molar-refractivity contribution >= 4 is 17.3 Å². The molecule has 0 saturated heterocycles. The summed E-state index contributed by atoms with van der Waals surface area (Å²) in [6.45, 7) is 0. The number of para-hydroxylation sites is 1. The number of hydrazine groups is 1. The molecule has 0 aliphatic heterocycles. The number of aromatic nitrogens is 3. The van der Waals surface area contributed by atoms with Crippen LogP contribution in [-0.2, 0) is 6.18 Å². The maximum absolute atomic E-state index is 13.0. The summed E-state index contributed by atoms with van der Waals surface area (Å²) in [7, 11) is 0. The number of anilines is 1. The van der Waals surface area contributed by atoms with E-state index >= 15 is 0 Å². The van der Waals surface area contributed by atoms with Crippen molar-refractivity contribution in [3.63, 3.8) is 0 Å². The molecule has 34 heavy (non-hydrogen) atoms. The standard InChI is InChI=1S/C22H15F3N6O3/c23-22(24,25)15-8-9-18(19(11-15)31(33)34)27-28-21(32)17-13-30(16-6-2-1-3-7-16)29-20(17)14-5-4-10-26-12-14/h1-13,27H,(H,28,32). The van der Waals surface area contributed by atoms with E-state index < -0.39 is 28.3 Å². The fourth-order valence-corrected chi connectivity index (χ4v) is 3.13. The number of amides is 1. The molecule has 2 N–H and O–H groups in total. The lowest BCUT2D eigenvalue weighted by Crippen LogP contribution is -2.30. The van der Waals surface area contributed by atoms with Gasteiger partial charge < -0.3 is 0 Å². The van der Waals surface area contributed by atoms with Gasteiger partial charge in [-0.05, 0) is 36.4 Å². The molecule has 12 heteroatoms.